The molecule has 2 aliphatic rings. The Morgan fingerprint density at radius 3 is 2.52 bits per heavy atom. The first-order valence-electron chi connectivity index (χ1n) is 9.30. The number of ketones is 1. The predicted octanol–water partition coefficient (Wildman–Crippen LogP) is 4.83. The zero-order valence-electron chi connectivity index (χ0n) is 14.7. The van der Waals surface area contributed by atoms with E-state index in [1.807, 2.05) is 35.9 Å². The number of benzene rings is 1. The van der Waals surface area contributed by atoms with E-state index in [0.717, 1.165) is 47.7 Å². The van der Waals surface area contributed by atoms with E-state index in [4.69, 9.17) is 10.4 Å². The van der Waals surface area contributed by atoms with Crippen molar-refractivity contribution in [2.24, 2.45) is 5.92 Å². The molecule has 1 aromatic carbocycles. The molecule has 0 saturated heterocycles. The molecule has 0 amide bonds. The number of hydrogen-bond acceptors (Lipinski definition) is 3. The van der Waals surface area contributed by atoms with Crippen LogP contribution in [0.3, 0.4) is 0 Å². The first-order chi connectivity index (χ1) is 12.2. The summed E-state index contributed by atoms with van der Waals surface area (Å²) in [5.41, 5.74) is 4.29. The predicted molar refractivity (Wildman–Crippen MR) is 96.3 cm³/mol. The lowest BCUT2D eigenvalue weighted by Crippen LogP contribution is -2.22. The Morgan fingerprint density at radius 1 is 1.24 bits per heavy atom. The summed E-state index contributed by atoms with van der Waals surface area (Å²) in [5, 5.41) is 13.8. The number of Topliss-reactive ketones (excluding diaryl/α,β-unsaturated/α-hetero) is 1. The zero-order chi connectivity index (χ0) is 17.4. The molecule has 25 heavy (non-hydrogen) atoms. The third kappa shape index (κ3) is 3.11. The van der Waals surface area contributed by atoms with Crippen molar-refractivity contribution in [3.05, 3.63) is 41.1 Å². The van der Waals surface area contributed by atoms with Gasteiger partial charge in [0.25, 0.3) is 0 Å². The molecule has 0 aliphatic heterocycles. The molecule has 0 radical (unpaired) electrons. The lowest BCUT2D eigenvalue weighted by molar-refractivity contribution is 0.0959. The summed E-state index contributed by atoms with van der Waals surface area (Å²) in [4.78, 5) is 12.9. The number of rotatable bonds is 6. The van der Waals surface area contributed by atoms with E-state index in [0.29, 0.717) is 18.0 Å². The van der Waals surface area contributed by atoms with E-state index in [1.165, 1.54) is 19.3 Å². The van der Waals surface area contributed by atoms with Gasteiger partial charge in [0.2, 0.25) is 0 Å². The van der Waals surface area contributed by atoms with Gasteiger partial charge in [-0.3, -0.25) is 9.48 Å². The summed E-state index contributed by atoms with van der Waals surface area (Å²) in [5.74, 6) is 1.01. The highest BCUT2D eigenvalue weighted by molar-refractivity contribution is 5.97. The molecular weight excluding hydrogens is 310 g/mol. The molecule has 2 fully saturated rings. The summed E-state index contributed by atoms with van der Waals surface area (Å²) < 4.78 is 2.00. The molecule has 4 heteroatoms. The molecule has 2 aliphatic carbocycles. The van der Waals surface area contributed by atoms with Crippen molar-refractivity contribution < 1.29 is 4.79 Å². The Hall–Kier alpha value is -2.41. The normalized spacial score (nSPS) is 17.1. The summed E-state index contributed by atoms with van der Waals surface area (Å²) in [6.07, 6.45) is 7.64. The molecule has 0 spiro atoms. The van der Waals surface area contributed by atoms with Crippen molar-refractivity contribution >= 4 is 5.78 Å². The number of carbonyl (C=O) groups is 1. The number of nitrogens with zero attached hydrogens (tertiary/aromatic N) is 3. The van der Waals surface area contributed by atoms with Gasteiger partial charge in [-0.2, -0.15) is 10.4 Å². The first kappa shape index (κ1) is 16.1. The zero-order valence-corrected chi connectivity index (χ0v) is 14.7. The average Bonchev–Trinajstić information content (AvgIpc) is 3.35. The quantitative estimate of drug-likeness (QED) is 0.712. The highest BCUT2D eigenvalue weighted by Crippen LogP contribution is 2.38. The van der Waals surface area contributed by atoms with E-state index in [9.17, 15) is 4.79 Å². The molecule has 2 aromatic rings. The average molecular weight is 333 g/mol. The molecule has 128 valence electrons. The molecule has 1 heterocycles. The Balaban J connectivity index is 1.69. The Morgan fingerprint density at radius 2 is 1.96 bits per heavy atom. The van der Waals surface area contributed by atoms with Crippen LogP contribution >= 0.6 is 0 Å². The van der Waals surface area contributed by atoms with Gasteiger partial charge in [-0.25, -0.2) is 0 Å². The van der Waals surface area contributed by atoms with Crippen molar-refractivity contribution in [1.82, 2.24) is 9.78 Å². The van der Waals surface area contributed by atoms with Gasteiger partial charge in [0.05, 0.1) is 23.4 Å². The van der Waals surface area contributed by atoms with E-state index in [2.05, 4.69) is 6.07 Å². The molecular formula is C21H23N3O. The second kappa shape index (κ2) is 6.48. The number of carbonyl (C=O) groups excluding carboxylic acids is 1. The number of nitriles is 1. The number of hydrogen-bond donors (Lipinski definition) is 0. The van der Waals surface area contributed by atoms with Crippen LogP contribution in [0.1, 0.15) is 72.6 Å². The lowest BCUT2D eigenvalue weighted by Gasteiger charge is -2.27. The maximum atomic E-state index is 12.9. The fraction of sp³-hybridized carbons (Fsp3) is 0.476. The maximum Gasteiger partial charge on any atom is 0.181 e. The van der Waals surface area contributed by atoms with E-state index < -0.39 is 0 Å². The van der Waals surface area contributed by atoms with Crippen LogP contribution in [0.2, 0.25) is 0 Å². The van der Waals surface area contributed by atoms with Gasteiger partial charge in [0.1, 0.15) is 5.69 Å². The molecule has 0 bridgehead atoms. The minimum Gasteiger partial charge on any atom is -0.292 e. The number of aromatic nitrogens is 2. The van der Waals surface area contributed by atoms with Crippen molar-refractivity contribution in [2.45, 2.75) is 57.9 Å². The van der Waals surface area contributed by atoms with Crippen LogP contribution in [0.15, 0.2) is 24.3 Å². The van der Waals surface area contributed by atoms with Gasteiger partial charge in [0.15, 0.2) is 5.78 Å². The van der Waals surface area contributed by atoms with Crippen LogP contribution in [-0.4, -0.2) is 15.6 Å². The fourth-order valence-corrected chi connectivity index (χ4v) is 3.59. The summed E-state index contributed by atoms with van der Waals surface area (Å²) in [6.45, 7) is 2.01. The maximum absolute atomic E-state index is 12.9. The largest absolute Gasteiger partial charge is 0.292 e. The lowest BCUT2D eigenvalue weighted by atomic mass is 9.92. The van der Waals surface area contributed by atoms with Gasteiger partial charge in [-0.1, -0.05) is 25.0 Å². The van der Waals surface area contributed by atoms with Crippen LogP contribution in [0, 0.1) is 24.2 Å². The third-order valence-electron chi connectivity index (χ3n) is 5.60. The van der Waals surface area contributed by atoms with E-state index in [1.54, 1.807) is 0 Å². The molecule has 1 aromatic heterocycles. The fourth-order valence-electron chi connectivity index (χ4n) is 3.59. The minimum absolute atomic E-state index is 0.240. The van der Waals surface area contributed by atoms with Crippen molar-refractivity contribution in [2.75, 3.05) is 0 Å². The topological polar surface area (TPSA) is 58.7 Å². The van der Waals surface area contributed by atoms with Crippen LogP contribution in [0.5, 0.6) is 0 Å². The third-order valence-corrected chi connectivity index (χ3v) is 5.60. The van der Waals surface area contributed by atoms with Gasteiger partial charge in [0, 0.05) is 17.5 Å². The van der Waals surface area contributed by atoms with Crippen molar-refractivity contribution in [3.8, 4) is 17.3 Å². The van der Waals surface area contributed by atoms with E-state index in [-0.39, 0.29) is 5.78 Å². The van der Waals surface area contributed by atoms with Crippen molar-refractivity contribution in [1.29, 1.82) is 5.26 Å². The Bertz CT molecular complexity index is 833. The van der Waals surface area contributed by atoms with Gasteiger partial charge < -0.3 is 0 Å². The summed E-state index contributed by atoms with van der Waals surface area (Å²) in [6, 6.07) is 9.99. The molecule has 0 unspecified atom stereocenters. The Labute approximate surface area is 148 Å². The van der Waals surface area contributed by atoms with E-state index >= 15 is 0 Å². The summed E-state index contributed by atoms with van der Waals surface area (Å²) >= 11 is 0. The molecule has 0 N–H and O–H groups in total. The van der Waals surface area contributed by atoms with Gasteiger partial charge in [-0.05, 0) is 50.7 Å². The smallest absolute Gasteiger partial charge is 0.181 e. The van der Waals surface area contributed by atoms with Crippen LogP contribution in [0.25, 0.3) is 11.3 Å². The van der Waals surface area contributed by atoms with Crippen LogP contribution in [-0.2, 0) is 0 Å². The van der Waals surface area contributed by atoms with Crippen LogP contribution in [0.4, 0.5) is 0 Å². The summed E-state index contributed by atoms with van der Waals surface area (Å²) in [7, 11) is 0. The monoisotopic (exact) mass is 333 g/mol. The second-order valence-electron chi connectivity index (χ2n) is 7.45. The minimum atomic E-state index is 0.240. The highest BCUT2D eigenvalue weighted by atomic mass is 16.1. The van der Waals surface area contributed by atoms with Gasteiger partial charge in [-0.15, -0.1) is 0 Å². The standard InChI is InChI=1S/C21H23N3O/c1-14-20(17-10-7-16(13-22)8-11-17)23-24(18-3-2-4-18)21(14)19(25)12-9-15-5-6-15/h7-8,10-11,15,18H,2-6,9,12H2,1H3. The molecule has 0 atom stereocenters. The Kier molecular flexibility index (Phi) is 4.17. The first-order valence-corrected chi connectivity index (χ1v) is 9.30. The highest BCUT2D eigenvalue weighted by Gasteiger charge is 2.30. The SMILES string of the molecule is Cc1c(-c2ccc(C#N)cc2)nn(C2CCC2)c1C(=O)CCC1CC1. The molecule has 4 rings (SSSR count). The molecule has 4 nitrogen and oxygen atoms in total. The van der Waals surface area contributed by atoms with Crippen LogP contribution < -0.4 is 0 Å². The molecule has 2 saturated carbocycles. The second-order valence-corrected chi connectivity index (χ2v) is 7.45. The van der Waals surface area contributed by atoms with Gasteiger partial charge >= 0.3 is 0 Å². The van der Waals surface area contributed by atoms with Crippen molar-refractivity contribution in [3.63, 3.8) is 0 Å².